The zero-order valence-electron chi connectivity index (χ0n) is 3.46. The topological polar surface area (TPSA) is 21.3 Å². The van der Waals surface area contributed by atoms with Crippen LogP contribution in [0, 0.1) is 0 Å². The van der Waals surface area contributed by atoms with E-state index in [1.807, 2.05) is 0 Å². The SMILES string of the molecule is SC1=PNOC=C1. The van der Waals surface area contributed by atoms with Gasteiger partial charge in [-0.15, -0.1) is 17.9 Å². The largest absolute Gasteiger partial charge is 0.408 e. The highest BCUT2D eigenvalue weighted by Gasteiger charge is 1.87. The van der Waals surface area contributed by atoms with E-state index in [0.717, 1.165) is 13.0 Å². The van der Waals surface area contributed by atoms with Crippen LogP contribution in [0.2, 0.25) is 0 Å². The summed E-state index contributed by atoms with van der Waals surface area (Å²) >= 11 is 4.04. The smallest absolute Gasteiger partial charge is 0.113 e. The third kappa shape index (κ3) is 1.51. The Morgan fingerprint density at radius 1 is 1.86 bits per heavy atom. The van der Waals surface area contributed by atoms with Crippen molar-refractivity contribution in [1.29, 1.82) is 0 Å². The molecular formula is C3H4NOPS. The van der Waals surface area contributed by atoms with Gasteiger partial charge in [0.1, 0.15) is 6.26 Å². The molecule has 1 aliphatic heterocycles. The maximum atomic E-state index is 4.63. The summed E-state index contributed by atoms with van der Waals surface area (Å²) < 4.78 is 0.964. The molecule has 0 spiro atoms. The van der Waals surface area contributed by atoms with E-state index in [1.165, 1.54) is 0 Å². The van der Waals surface area contributed by atoms with Gasteiger partial charge in [0.15, 0.2) is 0 Å². The monoisotopic (exact) mass is 133 g/mol. The minimum atomic E-state index is 0.919. The first-order chi connectivity index (χ1) is 3.39. The Labute approximate surface area is 48.8 Å². The third-order valence-corrected chi connectivity index (χ3v) is 1.52. The van der Waals surface area contributed by atoms with Crippen molar-refractivity contribution in [3.63, 3.8) is 0 Å². The summed E-state index contributed by atoms with van der Waals surface area (Å²) in [6.07, 6.45) is 3.35. The predicted molar refractivity (Wildman–Crippen MR) is 34.3 cm³/mol. The molecule has 7 heavy (non-hydrogen) atoms. The molecule has 1 heterocycles. The lowest BCUT2D eigenvalue weighted by atomic mass is 10.7. The molecule has 0 bridgehead atoms. The normalized spacial score (nSPS) is 20.4. The second kappa shape index (κ2) is 2.36. The minimum absolute atomic E-state index is 0.919. The molecule has 0 aliphatic carbocycles. The second-order valence-corrected chi connectivity index (χ2v) is 2.70. The lowest BCUT2D eigenvalue weighted by molar-refractivity contribution is 0.212. The molecule has 0 saturated carbocycles. The summed E-state index contributed by atoms with van der Waals surface area (Å²) in [6.45, 7) is 0. The third-order valence-electron chi connectivity index (χ3n) is 0.498. The summed E-state index contributed by atoms with van der Waals surface area (Å²) in [6, 6.07) is 0. The van der Waals surface area contributed by atoms with E-state index >= 15 is 0 Å². The standard InChI is InChI=1S/C3H4NOPS/c7-3-1-2-5-4-6-3/h1-2,4,7H. The fourth-order valence-corrected chi connectivity index (χ4v) is 0.762. The van der Waals surface area contributed by atoms with Gasteiger partial charge in [0.05, 0.1) is 0 Å². The van der Waals surface area contributed by atoms with Gasteiger partial charge in [-0.2, -0.15) is 0 Å². The van der Waals surface area contributed by atoms with Crippen molar-refractivity contribution in [2.24, 2.45) is 0 Å². The minimum Gasteiger partial charge on any atom is -0.408 e. The summed E-state index contributed by atoms with van der Waals surface area (Å²) in [5.74, 6) is 0. The van der Waals surface area contributed by atoms with Crippen molar-refractivity contribution in [2.75, 3.05) is 0 Å². The van der Waals surface area contributed by atoms with Crippen LogP contribution < -0.4 is 5.25 Å². The number of hydrogen-bond donors (Lipinski definition) is 2. The Hall–Kier alpha value is 0.0200. The molecule has 2 nitrogen and oxygen atoms in total. The van der Waals surface area contributed by atoms with Crippen LogP contribution in [0.3, 0.4) is 0 Å². The van der Waals surface area contributed by atoms with Crippen molar-refractivity contribution in [1.82, 2.24) is 5.25 Å². The first-order valence-electron chi connectivity index (χ1n) is 1.73. The average molecular weight is 133 g/mol. The quantitative estimate of drug-likeness (QED) is 0.379. The number of nitrogens with one attached hydrogen (secondary N) is 1. The fraction of sp³-hybridized carbons (Fsp3) is 0. The predicted octanol–water partition coefficient (Wildman–Crippen LogP) is 0.956. The first kappa shape index (κ1) is 5.16. The van der Waals surface area contributed by atoms with Crippen molar-refractivity contribution >= 4 is 25.6 Å². The van der Waals surface area contributed by atoms with Crippen LogP contribution >= 0.6 is 21.0 Å². The summed E-state index contributed by atoms with van der Waals surface area (Å²) in [5, 5.41) is 2.61. The van der Waals surface area contributed by atoms with E-state index < -0.39 is 0 Å². The number of thiol groups is 1. The molecule has 4 heteroatoms. The van der Waals surface area contributed by atoms with Crippen molar-refractivity contribution in [2.45, 2.75) is 0 Å². The molecule has 1 rings (SSSR count). The van der Waals surface area contributed by atoms with Gasteiger partial charge >= 0.3 is 0 Å². The highest BCUT2D eigenvalue weighted by Crippen LogP contribution is 2.03. The maximum Gasteiger partial charge on any atom is 0.113 e. The lowest BCUT2D eigenvalue weighted by Crippen LogP contribution is -1.99. The van der Waals surface area contributed by atoms with Gasteiger partial charge < -0.3 is 4.84 Å². The van der Waals surface area contributed by atoms with Crippen LogP contribution in [0.5, 0.6) is 0 Å². The van der Waals surface area contributed by atoms with E-state index in [9.17, 15) is 0 Å². The molecule has 0 aromatic heterocycles. The van der Waals surface area contributed by atoms with Gasteiger partial charge in [-0.1, -0.05) is 0 Å². The molecule has 0 saturated heterocycles. The zero-order valence-corrected chi connectivity index (χ0v) is 5.25. The molecule has 0 aromatic carbocycles. The van der Waals surface area contributed by atoms with Gasteiger partial charge in [0.25, 0.3) is 0 Å². The second-order valence-electron chi connectivity index (χ2n) is 0.982. The van der Waals surface area contributed by atoms with E-state index in [1.54, 1.807) is 12.3 Å². The number of hydrogen-bond acceptors (Lipinski definition) is 2. The highest BCUT2D eigenvalue weighted by atomic mass is 32.1. The Bertz CT molecular complexity index is 122. The van der Waals surface area contributed by atoms with Crippen LogP contribution in [0.4, 0.5) is 0 Å². The number of rotatable bonds is 0. The highest BCUT2D eigenvalue weighted by molar-refractivity contribution is 8.03. The van der Waals surface area contributed by atoms with Crippen molar-refractivity contribution < 1.29 is 4.84 Å². The van der Waals surface area contributed by atoms with E-state index in [2.05, 4.69) is 22.7 Å². The van der Waals surface area contributed by atoms with E-state index in [0.29, 0.717) is 0 Å². The summed E-state index contributed by atoms with van der Waals surface area (Å²) in [7, 11) is 0.919. The Balaban J connectivity index is 2.58. The lowest BCUT2D eigenvalue weighted by Gasteiger charge is -1.99. The van der Waals surface area contributed by atoms with Gasteiger partial charge in [0, 0.05) is 13.0 Å². The van der Waals surface area contributed by atoms with E-state index in [-0.39, 0.29) is 0 Å². The molecule has 1 N–H and O–H groups in total. The summed E-state index contributed by atoms with van der Waals surface area (Å²) in [4.78, 5) is 4.63. The molecular weight excluding hydrogens is 129 g/mol. The van der Waals surface area contributed by atoms with Crippen molar-refractivity contribution in [3.8, 4) is 0 Å². The molecule has 1 aliphatic rings. The van der Waals surface area contributed by atoms with Crippen LogP contribution in [0.1, 0.15) is 0 Å². The summed E-state index contributed by atoms with van der Waals surface area (Å²) in [5.41, 5.74) is 0. The molecule has 0 aromatic rings. The maximum absolute atomic E-state index is 4.63. The first-order valence-corrected chi connectivity index (χ1v) is 3.07. The van der Waals surface area contributed by atoms with Crippen LogP contribution in [-0.2, 0) is 4.84 Å². The molecule has 0 radical (unpaired) electrons. The Morgan fingerprint density at radius 2 is 2.71 bits per heavy atom. The molecule has 0 amide bonds. The van der Waals surface area contributed by atoms with Crippen LogP contribution in [0.25, 0.3) is 0 Å². The molecule has 0 unspecified atom stereocenters. The molecule has 0 fully saturated rings. The Kier molecular flexibility index (Phi) is 1.74. The van der Waals surface area contributed by atoms with Gasteiger partial charge in [-0.3, -0.25) is 0 Å². The van der Waals surface area contributed by atoms with Crippen molar-refractivity contribution in [3.05, 3.63) is 12.3 Å². The van der Waals surface area contributed by atoms with Gasteiger partial charge in [-0.25, -0.2) is 0 Å². The molecule has 0 atom stereocenters. The fourth-order valence-electron chi connectivity index (χ4n) is 0.236. The average Bonchev–Trinajstić information content (AvgIpc) is 1.69. The Morgan fingerprint density at radius 3 is 3.00 bits per heavy atom. The van der Waals surface area contributed by atoms with Gasteiger partial charge in [0.2, 0.25) is 0 Å². The van der Waals surface area contributed by atoms with E-state index in [4.69, 9.17) is 0 Å². The molecule has 38 valence electrons. The zero-order chi connectivity index (χ0) is 5.11. The van der Waals surface area contributed by atoms with Crippen LogP contribution in [0.15, 0.2) is 12.3 Å². The van der Waals surface area contributed by atoms with Crippen LogP contribution in [-0.4, -0.2) is 4.63 Å². The van der Waals surface area contributed by atoms with Gasteiger partial charge in [-0.05, 0) is 6.08 Å².